The smallest absolute Gasteiger partial charge is 0.128 e. The molecule has 1 fully saturated rings. The number of hydrogen-bond donors (Lipinski definition) is 1. The molecule has 3 heteroatoms. The van der Waals surface area contributed by atoms with Crippen molar-refractivity contribution in [2.75, 3.05) is 18.0 Å². The standard InChI is InChI=1S/C11H17N3/c1-9-8-14(7-5-10(9)12)11-4-2-3-6-13-11/h2-4,6,9-10H,5,7-8,12H2,1H3. The molecule has 1 aliphatic heterocycles. The van der Waals surface area contributed by atoms with Crippen LogP contribution < -0.4 is 10.6 Å². The second-order valence-electron chi connectivity index (χ2n) is 4.06. The molecule has 2 heterocycles. The molecular weight excluding hydrogens is 174 g/mol. The van der Waals surface area contributed by atoms with E-state index in [0.717, 1.165) is 25.3 Å². The van der Waals surface area contributed by atoms with Crippen LogP contribution in [0.15, 0.2) is 24.4 Å². The van der Waals surface area contributed by atoms with Gasteiger partial charge in [-0.2, -0.15) is 0 Å². The third-order valence-electron chi connectivity index (χ3n) is 2.94. The SMILES string of the molecule is CC1CN(c2ccccn2)CCC1N. The van der Waals surface area contributed by atoms with Crippen LogP contribution in [0.3, 0.4) is 0 Å². The topological polar surface area (TPSA) is 42.2 Å². The van der Waals surface area contributed by atoms with Gasteiger partial charge in [-0.1, -0.05) is 13.0 Å². The van der Waals surface area contributed by atoms with E-state index in [1.807, 2.05) is 18.3 Å². The zero-order valence-corrected chi connectivity index (χ0v) is 8.56. The summed E-state index contributed by atoms with van der Waals surface area (Å²) in [6, 6.07) is 6.39. The lowest BCUT2D eigenvalue weighted by Gasteiger charge is -2.35. The molecule has 2 rings (SSSR count). The molecule has 0 bridgehead atoms. The Morgan fingerprint density at radius 3 is 3.00 bits per heavy atom. The summed E-state index contributed by atoms with van der Waals surface area (Å²) >= 11 is 0. The van der Waals surface area contributed by atoms with Crippen molar-refractivity contribution >= 4 is 5.82 Å². The molecule has 0 saturated carbocycles. The first-order valence-corrected chi connectivity index (χ1v) is 5.19. The Bertz CT molecular complexity index is 286. The molecule has 2 N–H and O–H groups in total. The van der Waals surface area contributed by atoms with Crippen LogP contribution in [0.4, 0.5) is 5.82 Å². The maximum atomic E-state index is 5.97. The predicted molar refractivity (Wildman–Crippen MR) is 58.2 cm³/mol. The maximum Gasteiger partial charge on any atom is 0.128 e. The van der Waals surface area contributed by atoms with E-state index in [4.69, 9.17) is 5.73 Å². The van der Waals surface area contributed by atoms with Crippen LogP contribution in [0.2, 0.25) is 0 Å². The van der Waals surface area contributed by atoms with Crippen LogP contribution in [0, 0.1) is 5.92 Å². The highest BCUT2D eigenvalue weighted by molar-refractivity contribution is 5.38. The second kappa shape index (κ2) is 3.96. The molecule has 0 spiro atoms. The summed E-state index contributed by atoms with van der Waals surface area (Å²) in [7, 11) is 0. The monoisotopic (exact) mass is 191 g/mol. The van der Waals surface area contributed by atoms with Gasteiger partial charge in [-0.3, -0.25) is 0 Å². The van der Waals surface area contributed by atoms with Crippen molar-refractivity contribution in [2.45, 2.75) is 19.4 Å². The third-order valence-corrected chi connectivity index (χ3v) is 2.94. The zero-order valence-electron chi connectivity index (χ0n) is 8.56. The van der Waals surface area contributed by atoms with Gasteiger partial charge in [0.2, 0.25) is 0 Å². The number of nitrogens with zero attached hydrogens (tertiary/aromatic N) is 2. The minimum absolute atomic E-state index is 0.356. The predicted octanol–water partition coefficient (Wildman–Crippen LogP) is 1.26. The molecule has 0 aromatic carbocycles. The van der Waals surface area contributed by atoms with E-state index in [0.29, 0.717) is 12.0 Å². The first-order valence-electron chi connectivity index (χ1n) is 5.19. The maximum absolute atomic E-state index is 5.97. The molecule has 2 unspecified atom stereocenters. The fourth-order valence-corrected chi connectivity index (χ4v) is 1.91. The van der Waals surface area contributed by atoms with Crippen molar-refractivity contribution in [3.8, 4) is 0 Å². The van der Waals surface area contributed by atoms with Crippen LogP contribution >= 0.6 is 0 Å². The third kappa shape index (κ3) is 1.87. The van der Waals surface area contributed by atoms with Gasteiger partial charge in [0.25, 0.3) is 0 Å². The number of pyridine rings is 1. The molecule has 2 atom stereocenters. The lowest BCUT2D eigenvalue weighted by Crippen LogP contribution is -2.46. The normalized spacial score (nSPS) is 27.7. The minimum atomic E-state index is 0.356. The Hall–Kier alpha value is -1.09. The molecule has 0 radical (unpaired) electrons. The Kier molecular flexibility index (Phi) is 2.68. The largest absolute Gasteiger partial charge is 0.356 e. The molecule has 0 aliphatic carbocycles. The van der Waals surface area contributed by atoms with Crippen molar-refractivity contribution < 1.29 is 0 Å². The fourth-order valence-electron chi connectivity index (χ4n) is 1.91. The number of anilines is 1. The van der Waals surface area contributed by atoms with E-state index in [2.05, 4.69) is 22.9 Å². The number of piperidine rings is 1. The van der Waals surface area contributed by atoms with E-state index in [-0.39, 0.29) is 0 Å². The van der Waals surface area contributed by atoms with E-state index < -0.39 is 0 Å². The molecule has 1 aromatic heterocycles. The molecule has 14 heavy (non-hydrogen) atoms. The van der Waals surface area contributed by atoms with Gasteiger partial charge in [-0.15, -0.1) is 0 Å². The number of hydrogen-bond acceptors (Lipinski definition) is 3. The van der Waals surface area contributed by atoms with Gasteiger partial charge >= 0.3 is 0 Å². The Morgan fingerprint density at radius 2 is 2.36 bits per heavy atom. The average Bonchev–Trinajstić information content (AvgIpc) is 2.23. The lowest BCUT2D eigenvalue weighted by atomic mass is 9.95. The van der Waals surface area contributed by atoms with Gasteiger partial charge in [0.1, 0.15) is 5.82 Å². The lowest BCUT2D eigenvalue weighted by molar-refractivity contribution is 0.381. The Morgan fingerprint density at radius 1 is 1.50 bits per heavy atom. The molecular formula is C11H17N3. The van der Waals surface area contributed by atoms with Crippen molar-refractivity contribution in [1.29, 1.82) is 0 Å². The van der Waals surface area contributed by atoms with Gasteiger partial charge in [-0.25, -0.2) is 4.98 Å². The molecule has 3 nitrogen and oxygen atoms in total. The minimum Gasteiger partial charge on any atom is -0.356 e. The summed E-state index contributed by atoms with van der Waals surface area (Å²) in [5.74, 6) is 1.64. The second-order valence-corrected chi connectivity index (χ2v) is 4.06. The average molecular weight is 191 g/mol. The molecule has 0 amide bonds. The van der Waals surface area contributed by atoms with Gasteiger partial charge in [0, 0.05) is 25.3 Å². The summed E-state index contributed by atoms with van der Waals surface area (Å²) < 4.78 is 0. The summed E-state index contributed by atoms with van der Waals surface area (Å²) in [5, 5.41) is 0. The first-order chi connectivity index (χ1) is 6.77. The van der Waals surface area contributed by atoms with Crippen molar-refractivity contribution in [2.24, 2.45) is 11.7 Å². The van der Waals surface area contributed by atoms with E-state index in [9.17, 15) is 0 Å². The van der Waals surface area contributed by atoms with Crippen LogP contribution in [0.25, 0.3) is 0 Å². The fraction of sp³-hybridized carbons (Fsp3) is 0.545. The zero-order chi connectivity index (χ0) is 9.97. The van der Waals surface area contributed by atoms with Crippen molar-refractivity contribution in [1.82, 2.24) is 4.98 Å². The van der Waals surface area contributed by atoms with Crippen molar-refractivity contribution in [3.05, 3.63) is 24.4 Å². The molecule has 1 aromatic rings. The molecule has 1 saturated heterocycles. The Balaban J connectivity index is 2.07. The molecule has 76 valence electrons. The quantitative estimate of drug-likeness (QED) is 0.726. The van der Waals surface area contributed by atoms with Crippen molar-refractivity contribution in [3.63, 3.8) is 0 Å². The number of aromatic nitrogens is 1. The summed E-state index contributed by atoms with van der Waals surface area (Å²) in [6.07, 6.45) is 2.91. The van der Waals surface area contributed by atoms with E-state index in [1.54, 1.807) is 0 Å². The van der Waals surface area contributed by atoms with Crippen LogP contribution in [0.5, 0.6) is 0 Å². The highest BCUT2D eigenvalue weighted by atomic mass is 15.2. The first kappa shape index (κ1) is 9.46. The van der Waals surface area contributed by atoms with Crippen LogP contribution in [-0.4, -0.2) is 24.1 Å². The van der Waals surface area contributed by atoms with Gasteiger partial charge < -0.3 is 10.6 Å². The molecule has 1 aliphatic rings. The van der Waals surface area contributed by atoms with E-state index >= 15 is 0 Å². The highest BCUT2D eigenvalue weighted by Crippen LogP contribution is 2.19. The van der Waals surface area contributed by atoms with E-state index in [1.165, 1.54) is 0 Å². The summed E-state index contributed by atoms with van der Waals surface area (Å²) in [6.45, 7) is 4.26. The summed E-state index contributed by atoms with van der Waals surface area (Å²) in [5.41, 5.74) is 5.97. The van der Waals surface area contributed by atoms with Gasteiger partial charge in [0.05, 0.1) is 0 Å². The number of nitrogens with two attached hydrogens (primary N) is 1. The van der Waals surface area contributed by atoms with Crippen LogP contribution in [-0.2, 0) is 0 Å². The summed E-state index contributed by atoms with van der Waals surface area (Å²) in [4.78, 5) is 6.66. The Labute approximate surface area is 84.9 Å². The van der Waals surface area contributed by atoms with Gasteiger partial charge in [-0.05, 0) is 24.5 Å². The van der Waals surface area contributed by atoms with Crippen LogP contribution in [0.1, 0.15) is 13.3 Å². The highest BCUT2D eigenvalue weighted by Gasteiger charge is 2.23. The number of rotatable bonds is 1. The van der Waals surface area contributed by atoms with Gasteiger partial charge in [0.15, 0.2) is 0 Å².